The zero-order valence-electron chi connectivity index (χ0n) is 14.6. The second kappa shape index (κ2) is 7.69. The van der Waals surface area contributed by atoms with E-state index >= 15 is 0 Å². The van der Waals surface area contributed by atoms with Crippen LogP contribution in [-0.4, -0.2) is 28.2 Å². The summed E-state index contributed by atoms with van der Waals surface area (Å²) in [6.45, 7) is 1.33. The Labute approximate surface area is 153 Å². The monoisotopic (exact) mass is 377 g/mol. The Bertz CT molecular complexity index is 951. The Balaban J connectivity index is 1.69. The fraction of sp³-hybridized carbons (Fsp3) is 0.263. The highest BCUT2D eigenvalue weighted by Crippen LogP contribution is 2.20. The zero-order valence-corrected chi connectivity index (χ0v) is 14.6. The molecule has 0 radical (unpaired) electrons. The van der Waals surface area contributed by atoms with E-state index in [4.69, 9.17) is 0 Å². The zero-order chi connectivity index (χ0) is 19.4. The second-order valence-corrected chi connectivity index (χ2v) is 5.92. The summed E-state index contributed by atoms with van der Waals surface area (Å²) >= 11 is 0. The van der Waals surface area contributed by atoms with Crippen LogP contribution in [0.5, 0.6) is 5.88 Å². The Kier molecular flexibility index (Phi) is 5.34. The number of carbonyl (C=O) groups excluding carboxylic acids is 1. The maximum Gasteiger partial charge on any atom is 0.422 e. The normalized spacial score (nSPS) is 11.6. The second-order valence-electron chi connectivity index (χ2n) is 5.92. The predicted molar refractivity (Wildman–Crippen MR) is 94.6 cm³/mol. The molecule has 2 heterocycles. The van der Waals surface area contributed by atoms with Gasteiger partial charge in [0.1, 0.15) is 5.69 Å². The molecule has 3 aromatic rings. The minimum Gasteiger partial charge on any atom is -0.468 e. The lowest BCUT2D eigenvalue weighted by molar-refractivity contribution is -0.154. The van der Waals surface area contributed by atoms with Gasteiger partial charge >= 0.3 is 6.18 Å². The molecule has 8 heteroatoms. The number of halogens is 3. The first-order valence-electron chi connectivity index (χ1n) is 8.38. The van der Waals surface area contributed by atoms with Crippen molar-refractivity contribution >= 4 is 16.8 Å². The quantitative estimate of drug-likeness (QED) is 0.708. The third kappa shape index (κ3) is 4.58. The summed E-state index contributed by atoms with van der Waals surface area (Å²) in [5.41, 5.74) is 2.09. The Hall–Kier alpha value is -3.03. The standard InChI is InChI=1S/C19H18F3N3O2/c1-2-25-15-6-4-3-5-14(15)10-16(25)18(26)24-11-13-7-8-23-17(9-13)27-12-19(20,21)22/h3-10H,2,11-12H2,1H3,(H,24,26). The van der Waals surface area contributed by atoms with Crippen molar-refractivity contribution in [3.8, 4) is 5.88 Å². The number of pyridine rings is 1. The number of benzene rings is 1. The summed E-state index contributed by atoms with van der Waals surface area (Å²) in [4.78, 5) is 16.3. The molecule has 0 unspecified atom stereocenters. The summed E-state index contributed by atoms with van der Waals surface area (Å²) in [5, 5.41) is 3.75. The van der Waals surface area contributed by atoms with Crippen LogP contribution in [0.3, 0.4) is 0 Å². The van der Waals surface area contributed by atoms with Crippen LogP contribution in [0.15, 0.2) is 48.7 Å². The van der Waals surface area contributed by atoms with E-state index in [1.807, 2.05) is 41.8 Å². The van der Waals surface area contributed by atoms with Crippen LogP contribution in [0.2, 0.25) is 0 Å². The van der Waals surface area contributed by atoms with Crippen molar-refractivity contribution < 1.29 is 22.7 Å². The van der Waals surface area contributed by atoms with Crippen LogP contribution in [0.25, 0.3) is 10.9 Å². The number of aryl methyl sites for hydroxylation is 1. The van der Waals surface area contributed by atoms with Crippen LogP contribution in [0, 0.1) is 0 Å². The number of fused-ring (bicyclic) bond motifs is 1. The fourth-order valence-electron chi connectivity index (χ4n) is 2.81. The van der Waals surface area contributed by atoms with E-state index < -0.39 is 12.8 Å². The maximum absolute atomic E-state index is 12.6. The molecular formula is C19H18F3N3O2. The summed E-state index contributed by atoms with van der Waals surface area (Å²) in [5.74, 6) is -0.399. The number of carbonyl (C=O) groups is 1. The van der Waals surface area contributed by atoms with Gasteiger partial charge in [-0.1, -0.05) is 18.2 Å². The Morgan fingerprint density at radius 3 is 2.74 bits per heavy atom. The first kappa shape index (κ1) is 18.8. The maximum atomic E-state index is 12.6. The molecule has 142 valence electrons. The van der Waals surface area contributed by atoms with E-state index in [0.717, 1.165) is 10.9 Å². The van der Waals surface area contributed by atoms with Gasteiger partial charge in [-0.3, -0.25) is 4.79 Å². The number of para-hydroxylation sites is 1. The van der Waals surface area contributed by atoms with Gasteiger partial charge in [0.05, 0.1) is 0 Å². The summed E-state index contributed by atoms with van der Waals surface area (Å²) in [6.07, 6.45) is -3.09. The molecule has 27 heavy (non-hydrogen) atoms. The lowest BCUT2D eigenvalue weighted by Gasteiger charge is -2.11. The highest BCUT2D eigenvalue weighted by atomic mass is 19.4. The number of ether oxygens (including phenoxy) is 1. The van der Waals surface area contributed by atoms with Crippen molar-refractivity contribution in [2.45, 2.75) is 26.2 Å². The molecule has 0 spiro atoms. The van der Waals surface area contributed by atoms with Crippen molar-refractivity contribution in [1.82, 2.24) is 14.9 Å². The number of alkyl halides is 3. The van der Waals surface area contributed by atoms with Crippen LogP contribution >= 0.6 is 0 Å². The molecule has 0 atom stereocenters. The van der Waals surface area contributed by atoms with Gasteiger partial charge in [-0.05, 0) is 30.7 Å². The smallest absolute Gasteiger partial charge is 0.422 e. The molecule has 0 fully saturated rings. The first-order valence-corrected chi connectivity index (χ1v) is 8.38. The molecule has 0 bridgehead atoms. The molecule has 2 aromatic heterocycles. The molecule has 1 amide bonds. The lowest BCUT2D eigenvalue weighted by Crippen LogP contribution is -2.25. The molecular weight excluding hydrogens is 359 g/mol. The minimum atomic E-state index is -4.43. The predicted octanol–water partition coefficient (Wildman–Crippen LogP) is 3.93. The van der Waals surface area contributed by atoms with E-state index in [2.05, 4.69) is 15.0 Å². The Morgan fingerprint density at radius 1 is 1.22 bits per heavy atom. The fourth-order valence-corrected chi connectivity index (χ4v) is 2.81. The number of aromatic nitrogens is 2. The van der Waals surface area contributed by atoms with E-state index in [0.29, 0.717) is 17.8 Å². The molecule has 3 rings (SSSR count). The third-order valence-corrected chi connectivity index (χ3v) is 4.00. The number of hydrogen-bond acceptors (Lipinski definition) is 3. The SMILES string of the molecule is CCn1c(C(=O)NCc2ccnc(OCC(F)(F)F)c2)cc2ccccc21. The van der Waals surface area contributed by atoms with E-state index in [-0.39, 0.29) is 18.3 Å². The van der Waals surface area contributed by atoms with Gasteiger partial charge in [-0.15, -0.1) is 0 Å². The first-order chi connectivity index (χ1) is 12.9. The van der Waals surface area contributed by atoms with E-state index in [1.165, 1.54) is 12.3 Å². The average molecular weight is 377 g/mol. The van der Waals surface area contributed by atoms with Gasteiger partial charge in [0.25, 0.3) is 5.91 Å². The number of nitrogens with zero attached hydrogens (tertiary/aromatic N) is 2. The van der Waals surface area contributed by atoms with Crippen molar-refractivity contribution in [3.05, 3.63) is 59.9 Å². The average Bonchev–Trinajstić information content (AvgIpc) is 3.03. The molecule has 0 aliphatic heterocycles. The van der Waals surface area contributed by atoms with Gasteiger partial charge in [-0.2, -0.15) is 13.2 Å². The number of rotatable bonds is 6. The van der Waals surface area contributed by atoms with Crippen LogP contribution < -0.4 is 10.1 Å². The highest BCUT2D eigenvalue weighted by molar-refractivity contribution is 5.98. The highest BCUT2D eigenvalue weighted by Gasteiger charge is 2.28. The van der Waals surface area contributed by atoms with E-state index in [9.17, 15) is 18.0 Å². The Morgan fingerprint density at radius 2 is 2.00 bits per heavy atom. The van der Waals surface area contributed by atoms with Crippen molar-refractivity contribution in [1.29, 1.82) is 0 Å². The van der Waals surface area contributed by atoms with Gasteiger partial charge < -0.3 is 14.6 Å². The van der Waals surface area contributed by atoms with Crippen LogP contribution in [0.1, 0.15) is 23.0 Å². The summed E-state index contributed by atoms with van der Waals surface area (Å²) < 4.78 is 43.2. The van der Waals surface area contributed by atoms with Crippen molar-refractivity contribution in [2.75, 3.05) is 6.61 Å². The third-order valence-electron chi connectivity index (χ3n) is 4.00. The molecule has 0 aliphatic carbocycles. The number of hydrogen-bond donors (Lipinski definition) is 1. The van der Waals surface area contributed by atoms with Gasteiger partial charge in [0, 0.05) is 36.3 Å². The molecule has 0 saturated carbocycles. The van der Waals surface area contributed by atoms with E-state index in [1.54, 1.807) is 6.07 Å². The lowest BCUT2D eigenvalue weighted by atomic mass is 10.2. The number of amides is 1. The molecule has 5 nitrogen and oxygen atoms in total. The van der Waals surface area contributed by atoms with Crippen molar-refractivity contribution in [2.24, 2.45) is 0 Å². The van der Waals surface area contributed by atoms with Crippen LogP contribution in [0.4, 0.5) is 13.2 Å². The minimum absolute atomic E-state index is 0.137. The molecule has 1 aromatic carbocycles. The van der Waals surface area contributed by atoms with Gasteiger partial charge in [-0.25, -0.2) is 4.98 Å². The molecule has 0 aliphatic rings. The molecule has 0 saturated heterocycles. The van der Waals surface area contributed by atoms with Gasteiger partial charge in [0.2, 0.25) is 5.88 Å². The summed E-state index contributed by atoms with van der Waals surface area (Å²) in [6, 6.07) is 12.5. The topological polar surface area (TPSA) is 56.2 Å². The molecule has 1 N–H and O–H groups in total. The van der Waals surface area contributed by atoms with Gasteiger partial charge in [0.15, 0.2) is 6.61 Å². The summed E-state index contributed by atoms with van der Waals surface area (Å²) in [7, 11) is 0. The number of nitrogens with one attached hydrogen (secondary N) is 1. The van der Waals surface area contributed by atoms with Crippen LogP contribution in [-0.2, 0) is 13.1 Å². The van der Waals surface area contributed by atoms with Crippen molar-refractivity contribution in [3.63, 3.8) is 0 Å². The largest absolute Gasteiger partial charge is 0.468 e.